The van der Waals surface area contributed by atoms with E-state index in [0.29, 0.717) is 11.5 Å². The van der Waals surface area contributed by atoms with Gasteiger partial charge in [0.1, 0.15) is 5.82 Å². The van der Waals surface area contributed by atoms with Crippen LogP contribution in [0.5, 0.6) is 0 Å². The van der Waals surface area contributed by atoms with Crippen molar-refractivity contribution in [1.82, 2.24) is 4.98 Å². The Morgan fingerprint density at radius 3 is 2.59 bits per heavy atom. The number of aromatic nitrogens is 1. The number of rotatable bonds is 3. The van der Waals surface area contributed by atoms with Crippen LogP contribution in [-0.2, 0) is 10.2 Å². The van der Waals surface area contributed by atoms with Crippen molar-refractivity contribution in [3.05, 3.63) is 40.7 Å². The first kappa shape index (κ1) is 16.8. The van der Waals surface area contributed by atoms with Crippen LogP contribution >= 0.6 is 23.7 Å². The lowest BCUT2D eigenvalue weighted by molar-refractivity contribution is -0.122. The van der Waals surface area contributed by atoms with E-state index in [1.54, 1.807) is 29.7 Å². The molecule has 1 aliphatic carbocycles. The van der Waals surface area contributed by atoms with Gasteiger partial charge in [-0.3, -0.25) is 4.79 Å². The highest BCUT2D eigenvalue weighted by Gasteiger charge is 2.41. The molecule has 1 aliphatic rings. The lowest BCUT2D eigenvalue weighted by atomic mass is 9.72. The molecule has 0 bridgehead atoms. The van der Waals surface area contributed by atoms with Gasteiger partial charge in [-0.15, -0.1) is 23.7 Å². The Kier molecular flexibility index (Phi) is 5.42. The van der Waals surface area contributed by atoms with E-state index < -0.39 is 0 Å². The Morgan fingerprint density at radius 2 is 2.00 bits per heavy atom. The summed E-state index contributed by atoms with van der Waals surface area (Å²) in [7, 11) is 0. The summed E-state index contributed by atoms with van der Waals surface area (Å²) >= 11 is 1.67. The van der Waals surface area contributed by atoms with Gasteiger partial charge in [0.05, 0.1) is 17.3 Å². The Balaban J connectivity index is 0.00000176. The predicted molar refractivity (Wildman–Crippen MR) is 93.6 cm³/mol. The maximum atomic E-state index is 12.9. The highest BCUT2D eigenvalue weighted by molar-refractivity contribution is 7.10. The maximum Gasteiger partial charge on any atom is 0.235 e. The van der Waals surface area contributed by atoms with Crippen molar-refractivity contribution >= 4 is 41.2 Å². The molecule has 2 heterocycles. The average molecular weight is 338 g/mol. The van der Waals surface area contributed by atoms with E-state index >= 15 is 0 Å². The van der Waals surface area contributed by atoms with Crippen LogP contribution < -0.4 is 11.1 Å². The molecule has 0 aliphatic heterocycles. The van der Waals surface area contributed by atoms with Gasteiger partial charge in [0, 0.05) is 4.88 Å². The Hall–Kier alpha value is -1.59. The number of hydrogen-bond donors (Lipinski definition) is 2. The van der Waals surface area contributed by atoms with Gasteiger partial charge in [-0.1, -0.05) is 25.3 Å². The third-order valence-electron chi connectivity index (χ3n) is 4.18. The number of nitrogens with zero attached hydrogens (tertiary/aromatic N) is 1. The monoisotopic (exact) mass is 337 g/mol. The highest BCUT2D eigenvalue weighted by Crippen LogP contribution is 2.42. The van der Waals surface area contributed by atoms with E-state index in [1.807, 2.05) is 11.4 Å². The molecule has 1 saturated carbocycles. The molecule has 6 heteroatoms. The molecular formula is C16H20ClN3OS. The standard InChI is InChI=1S/C16H19N3OS.ClH/c17-14-7-6-12(11-18-14)19-15(20)16(8-2-1-3-9-16)13-5-4-10-21-13;/h4-7,10-11H,1-3,8-9H2,(H2,17,18)(H,19,20);1H. The van der Waals surface area contributed by atoms with Gasteiger partial charge >= 0.3 is 0 Å². The quantitative estimate of drug-likeness (QED) is 0.889. The first-order chi connectivity index (χ1) is 10.2. The second-order valence-electron chi connectivity index (χ2n) is 5.55. The summed E-state index contributed by atoms with van der Waals surface area (Å²) in [4.78, 5) is 18.1. The molecule has 0 unspecified atom stereocenters. The lowest BCUT2D eigenvalue weighted by Gasteiger charge is -2.35. The van der Waals surface area contributed by atoms with Crippen LogP contribution in [-0.4, -0.2) is 10.9 Å². The molecule has 1 amide bonds. The number of hydrogen-bond acceptors (Lipinski definition) is 4. The molecule has 3 N–H and O–H groups in total. The number of halogens is 1. The molecular weight excluding hydrogens is 318 g/mol. The van der Waals surface area contributed by atoms with Crippen molar-refractivity contribution in [1.29, 1.82) is 0 Å². The predicted octanol–water partition coefficient (Wildman–Crippen LogP) is 3.99. The molecule has 0 saturated heterocycles. The van der Waals surface area contributed by atoms with Crippen molar-refractivity contribution < 1.29 is 4.79 Å². The number of nitrogens with two attached hydrogens (primary N) is 1. The number of carbonyl (C=O) groups is 1. The van der Waals surface area contributed by atoms with Crippen molar-refractivity contribution in [2.45, 2.75) is 37.5 Å². The molecule has 2 aromatic heterocycles. The zero-order valence-corrected chi connectivity index (χ0v) is 13.9. The minimum atomic E-state index is -0.381. The Morgan fingerprint density at radius 1 is 1.23 bits per heavy atom. The molecule has 1 fully saturated rings. The number of thiophene rings is 1. The summed E-state index contributed by atoms with van der Waals surface area (Å²) in [5, 5.41) is 5.06. The van der Waals surface area contributed by atoms with E-state index in [-0.39, 0.29) is 23.7 Å². The summed E-state index contributed by atoms with van der Waals surface area (Å²) in [6.07, 6.45) is 6.86. The van der Waals surface area contributed by atoms with Crippen LogP contribution in [0.2, 0.25) is 0 Å². The molecule has 4 nitrogen and oxygen atoms in total. The SMILES string of the molecule is Cl.Nc1ccc(NC(=O)C2(c3cccs3)CCCCC2)cn1. The molecule has 0 radical (unpaired) electrons. The fraction of sp³-hybridized carbons (Fsp3) is 0.375. The first-order valence-corrected chi connectivity index (χ1v) is 8.16. The van der Waals surface area contributed by atoms with Crippen LogP contribution in [0.4, 0.5) is 11.5 Å². The second kappa shape index (κ2) is 7.11. The van der Waals surface area contributed by atoms with E-state index in [4.69, 9.17) is 5.73 Å². The van der Waals surface area contributed by atoms with Crippen LogP contribution in [0.1, 0.15) is 37.0 Å². The zero-order valence-electron chi connectivity index (χ0n) is 12.2. The topological polar surface area (TPSA) is 68.0 Å². The van der Waals surface area contributed by atoms with E-state index in [1.165, 1.54) is 11.3 Å². The van der Waals surface area contributed by atoms with Crippen molar-refractivity contribution in [3.63, 3.8) is 0 Å². The normalized spacial score (nSPS) is 16.5. The summed E-state index contributed by atoms with van der Waals surface area (Å²) in [6.45, 7) is 0. The largest absolute Gasteiger partial charge is 0.384 e. The van der Waals surface area contributed by atoms with Crippen LogP contribution in [0.25, 0.3) is 0 Å². The van der Waals surface area contributed by atoms with Gasteiger partial charge in [-0.2, -0.15) is 0 Å². The van der Waals surface area contributed by atoms with Gasteiger partial charge in [0.15, 0.2) is 0 Å². The van der Waals surface area contributed by atoms with Crippen LogP contribution in [0.3, 0.4) is 0 Å². The number of anilines is 2. The first-order valence-electron chi connectivity index (χ1n) is 7.28. The van der Waals surface area contributed by atoms with Crippen molar-refractivity contribution in [3.8, 4) is 0 Å². The summed E-state index contributed by atoms with van der Waals surface area (Å²) in [5.41, 5.74) is 5.90. The Bertz CT molecular complexity index is 607. The van der Waals surface area contributed by atoms with E-state index in [9.17, 15) is 4.79 Å². The third kappa shape index (κ3) is 3.25. The number of nitrogen functional groups attached to an aromatic ring is 1. The van der Waals surface area contributed by atoms with Gasteiger partial charge in [-0.05, 0) is 36.4 Å². The van der Waals surface area contributed by atoms with Crippen molar-refractivity contribution in [2.24, 2.45) is 0 Å². The summed E-state index contributed by atoms with van der Waals surface area (Å²) in [5.74, 6) is 0.537. The number of carbonyl (C=O) groups excluding carboxylic acids is 1. The third-order valence-corrected chi connectivity index (χ3v) is 5.25. The van der Waals surface area contributed by atoms with Gasteiger partial charge in [0.2, 0.25) is 5.91 Å². The fourth-order valence-electron chi connectivity index (χ4n) is 3.02. The fourth-order valence-corrected chi connectivity index (χ4v) is 4.00. The number of pyridine rings is 1. The number of amides is 1. The molecule has 0 spiro atoms. The smallest absolute Gasteiger partial charge is 0.235 e. The molecule has 0 atom stereocenters. The van der Waals surface area contributed by atoms with E-state index in [0.717, 1.165) is 25.7 Å². The molecule has 0 aromatic carbocycles. The summed E-state index contributed by atoms with van der Waals surface area (Å²) in [6, 6.07) is 7.60. The van der Waals surface area contributed by atoms with Gasteiger partial charge in [-0.25, -0.2) is 4.98 Å². The van der Waals surface area contributed by atoms with Gasteiger partial charge < -0.3 is 11.1 Å². The van der Waals surface area contributed by atoms with Gasteiger partial charge in [0.25, 0.3) is 0 Å². The van der Waals surface area contributed by atoms with Crippen molar-refractivity contribution in [2.75, 3.05) is 11.1 Å². The minimum Gasteiger partial charge on any atom is -0.384 e. The average Bonchev–Trinajstić information content (AvgIpc) is 3.05. The minimum absolute atomic E-state index is 0. The second-order valence-corrected chi connectivity index (χ2v) is 6.49. The molecule has 2 aromatic rings. The maximum absolute atomic E-state index is 12.9. The molecule has 22 heavy (non-hydrogen) atoms. The lowest BCUT2D eigenvalue weighted by Crippen LogP contribution is -2.41. The number of nitrogens with one attached hydrogen (secondary N) is 1. The van der Waals surface area contributed by atoms with Crippen LogP contribution in [0.15, 0.2) is 35.8 Å². The Labute approximate surface area is 140 Å². The van der Waals surface area contributed by atoms with Crippen LogP contribution in [0, 0.1) is 0 Å². The summed E-state index contributed by atoms with van der Waals surface area (Å²) < 4.78 is 0. The molecule has 3 rings (SSSR count). The zero-order chi connectivity index (χ0) is 14.7. The highest BCUT2D eigenvalue weighted by atomic mass is 35.5. The molecule has 118 valence electrons. The van der Waals surface area contributed by atoms with E-state index in [2.05, 4.69) is 16.4 Å².